The van der Waals surface area contributed by atoms with Crippen LogP contribution in [0.25, 0.3) is 11.5 Å². The summed E-state index contributed by atoms with van der Waals surface area (Å²) < 4.78 is 4.86. The van der Waals surface area contributed by atoms with Crippen LogP contribution in [0.3, 0.4) is 0 Å². The number of nitrogen functional groups attached to an aromatic ring is 2. The van der Waals surface area contributed by atoms with Gasteiger partial charge in [0, 0.05) is 0 Å². The van der Waals surface area contributed by atoms with E-state index >= 15 is 0 Å². The van der Waals surface area contributed by atoms with Crippen molar-refractivity contribution in [3.63, 3.8) is 0 Å². The molecule has 0 fully saturated rings. The van der Waals surface area contributed by atoms with E-state index < -0.39 is 0 Å². The molecule has 1 heterocycles. The van der Waals surface area contributed by atoms with Crippen LogP contribution in [-0.2, 0) is 0 Å². The predicted molar refractivity (Wildman–Crippen MR) is 58.6 cm³/mol. The minimum absolute atomic E-state index is 0.0143. The molecular weight excluding hydrogens is 239 g/mol. The van der Waals surface area contributed by atoms with E-state index in [4.69, 9.17) is 39.2 Å². The molecule has 15 heavy (non-hydrogen) atoms. The number of anilines is 2. The van der Waals surface area contributed by atoms with E-state index in [2.05, 4.69) is 10.1 Å². The van der Waals surface area contributed by atoms with Crippen LogP contribution in [-0.4, -0.2) is 10.1 Å². The molecule has 0 saturated carbocycles. The first-order valence-electron chi connectivity index (χ1n) is 3.92. The topological polar surface area (TPSA) is 91.0 Å². The zero-order chi connectivity index (χ0) is 11.0. The van der Waals surface area contributed by atoms with Crippen LogP contribution < -0.4 is 11.5 Å². The second-order valence-electron chi connectivity index (χ2n) is 2.78. The molecular formula is C8H6Cl2N4O. The van der Waals surface area contributed by atoms with Crippen LogP contribution in [0, 0.1) is 0 Å². The molecule has 78 valence electrons. The fraction of sp³-hybridized carbons (Fsp3) is 0. The van der Waals surface area contributed by atoms with Gasteiger partial charge in [-0.3, -0.25) is 0 Å². The molecule has 0 unspecified atom stereocenters. The Bertz CT molecular complexity index is 511. The molecule has 0 aliphatic carbocycles. The van der Waals surface area contributed by atoms with Crippen molar-refractivity contribution < 1.29 is 4.52 Å². The van der Waals surface area contributed by atoms with Crippen molar-refractivity contribution in [3.8, 4) is 11.5 Å². The summed E-state index contributed by atoms with van der Waals surface area (Å²) in [7, 11) is 0. The van der Waals surface area contributed by atoms with Crippen molar-refractivity contribution in [1.29, 1.82) is 0 Å². The lowest BCUT2D eigenvalue weighted by molar-refractivity contribution is 0.433. The highest BCUT2D eigenvalue weighted by atomic mass is 35.5. The Hall–Kier alpha value is -1.46. The Morgan fingerprint density at radius 1 is 1.13 bits per heavy atom. The molecule has 0 atom stereocenters. The maximum Gasteiger partial charge on any atom is 0.263 e. The number of hydrogen-bond acceptors (Lipinski definition) is 5. The lowest BCUT2D eigenvalue weighted by Crippen LogP contribution is -1.93. The van der Waals surface area contributed by atoms with Crippen molar-refractivity contribution in [3.05, 3.63) is 22.2 Å². The summed E-state index contributed by atoms with van der Waals surface area (Å²) in [4.78, 5) is 3.82. The highest BCUT2D eigenvalue weighted by molar-refractivity contribution is 6.37. The second kappa shape index (κ2) is 3.60. The first-order chi connectivity index (χ1) is 7.09. The third kappa shape index (κ3) is 1.71. The van der Waals surface area contributed by atoms with E-state index in [9.17, 15) is 0 Å². The summed E-state index contributed by atoms with van der Waals surface area (Å²) in [5.41, 5.74) is 11.7. The SMILES string of the molecule is Nc1noc(-c2c(Cl)ccc(Cl)c2N)n1. The fourth-order valence-electron chi connectivity index (χ4n) is 1.12. The molecule has 0 aliphatic heterocycles. The number of nitrogens with two attached hydrogens (primary N) is 2. The third-order valence-corrected chi connectivity index (χ3v) is 2.44. The van der Waals surface area contributed by atoms with Gasteiger partial charge in [0.15, 0.2) is 0 Å². The van der Waals surface area contributed by atoms with Crippen LogP contribution in [0.15, 0.2) is 16.7 Å². The summed E-state index contributed by atoms with van der Waals surface area (Å²) >= 11 is 11.8. The van der Waals surface area contributed by atoms with Crippen molar-refractivity contribution in [2.45, 2.75) is 0 Å². The van der Waals surface area contributed by atoms with Crippen molar-refractivity contribution >= 4 is 34.8 Å². The Balaban J connectivity index is 2.66. The molecule has 0 spiro atoms. The van der Waals surface area contributed by atoms with Gasteiger partial charge in [0.1, 0.15) is 0 Å². The molecule has 1 aromatic carbocycles. The van der Waals surface area contributed by atoms with Crippen molar-refractivity contribution in [2.75, 3.05) is 11.5 Å². The molecule has 0 saturated heterocycles. The average Bonchev–Trinajstić information content (AvgIpc) is 2.59. The number of halogens is 2. The second-order valence-corrected chi connectivity index (χ2v) is 3.59. The van der Waals surface area contributed by atoms with Gasteiger partial charge in [-0.1, -0.05) is 23.2 Å². The molecule has 5 nitrogen and oxygen atoms in total. The van der Waals surface area contributed by atoms with E-state index in [1.54, 1.807) is 12.1 Å². The van der Waals surface area contributed by atoms with Gasteiger partial charge >= 0.3 is 0 Å². The zero-order valence-corrected chi connectivity index (χ0v) is 8.88. The van der Waals surface area contributed by atoms with Gasteiger partial charge in [-0.25, -0.2) is 0 Å². The van der Waals surface area contributed by atoms with E-state index in [1.807, 2.05) is 0 Å². The smallest absolute Gasteiger partial charge is 0.263 e. The molecule has 2 aromatic rings. The predicted octanol–water partition coefficient (Wildman–Crippen LogP) is 2.21. The van der Waals surface area contributed by atoms with Gasteiger partial charge in [-0.2, -0.15) is 4.98 Å². The molecule has 2 rings (SSSR count). The summed E-state index contributed by atoms with van der Waals surface area (Å²) in [6.45, 7) is 0. The van der Waals surface area contributed by atoms with Crippen LogP contribution in [0.4, 0.5) is 11.6 Å². The number of hydrogen-bond donors (Lipinski definition) is 2. The van der Waals surface area contributed by atoms with Crippen LogP contribution in [0.5, 0.6) is 0 Å². The number of rotatable bonds is 1. The minimum atomic E-state index is 0.0143. The van der Waals surface area contributed by atoms with Crippen LogP contribution in [0.1, 0.15) is 0 Å². The summed E-state index contributed by atoms with van der Waals surface area (Å²) in [6, 6.07) is 3.18. The highest BCUT2D eigenvalue weighted by Gasteiger charge is 2.16. The summed E-state index contributed by atoms with van der Waals surface area (Å²) in [6.07, 6.45) is 0. The molecule has 1 aromatic heterocycles. The number of aromatic nitrogens is 2. The maximum atomic E-state index is 5.94. The molecule has 0 bridgehead atoms. The first kappa shape index (κ1) is 10.1. The molecule has 0 radical (unpaired) electrons. The number of nitrogens with zero attached hydrogens (tertiary/aromatic N) is 2. The van der Waals surface area contributed by atoms with E-state index in [0.717, 1.165) is 0 Å². The molecule has 0 amide bonds. The van der Waals surface area contributed by atoms with Gasteiger partial charge in [-0.15, -0.1) is 0 Å². The Morgan fingerprint density at radius 3 is 2.40 bits per heavy atom. The average molecular weight is 245 g/mol. The van der Waals surface area contributed by atoms with E-state index in [-0.39, 0.29) is 17.5 Å². The Labute approximate surface area is 95.0 Å². The third-order valence-electron chi connectivity index (χ3n) is 1.80. The molecule has 7 heteroatoms. The van der Waals surface area contributed by atoms with Crippen molar-refractivity contribution in [2.24, 2.45) is 0 Å². The van der Waals surface area contributed by atoms with Gasteiger partial charge < -0.3 is 16.0 Å². The van der Waals surface area contributed by atoms with Crippen LogP contribution in [0.2, 0.25) is 10.0 Å². The lowest BCUT2D eigenvalue weighted by atomic mass is 10.2. The zero-order valence-electron chi connectivity index (χ0n) is 7.37. The number of benzene rings is 1. The molecule has 4 N–H and O–H groups in total. The van der Waals surface area contributed by atoms with E-state index in [1.165, 1.54) is 0 Å². The monoisotopic (exact) mass is 244 g/mol. The summed E-state index contributed by atoms with van der Waals surface area (Å²) in [5.74, 6) is 0.165. The Kier molecular flexibility index (Phi) is 2.42. The van der Waals surface area contributed by atoms with Gasteiger partial charge in [0.2, 0.25) is 0 Å². The normalized spacial score (nSPS) is 10.5. The standard InChI is InChI=1S/C8H6Cl2N4O/c9-3-1-2-4(10)6(11)5(3)7-13-8(12)14-15-7/h1-2H,11H2,(H2,12,14). The van der Waals surface area contributed by atoms with Gasteiger partial charge in [-0.05, 0) is 17.3 Å². The molecule has 0 aliphatic rings. The maximum absolute atomic E-state index is 5.94. The fourth-order valence-corrected chi connectivity index (χ4v) is 1.52. The minimum Gasteiger partial charge on any atom is -0.397 e. The quantitative estimate of drug-likeness (QED) is 0.751. The Morgan fingerprint density at radius 2 is 1.80 bits per heavy atom. The van der Waals surface area contributed by atoms with E-state index in [0.29, 0.717) is 15.6 Å². The largest absolute Gasteiger partial charge is 0.397 e. The van der Waals surface area contributed by atoms with Gasteiger partial charge in [0.25, 0.3) is 11.8 Å². The summed E-state index contributed by atoms with van der Waals surface area (Å²) in [5, 5.41) is 4.18. The van der Waals surface area contributed by atoms with Crippen LogP contribution >= 0.6 is 23.2 Å². The highest BCUT2D eigenvalue weighted by Crippen LogP contribution is 2.36. The van der Waals surface area contributed by atoms with Crippen molar-refractivity contribution in [1.82, 2.24) is 10.1 Å². The van der Waals surface area contributed by atoms with Gasteiger partial charge in [0.05, 0.1) is 21.3 Å². The first-order valence-corrected chi connectivity index (χ1v) is 4.68. The lowest BCUT2D eigenvalue weighted by Gasteiger charge is -2.04.